The summed E-state index contributed by atoms with van der Waals surface area (Å²) in [4.78, 5) is 13.5. The van der Waals surface area contributed by atoms with Gasteiger partial charge in [0.2, 0.25) is 0 Å². The zero-order valence-corrected chi connectivity index (χ0v) is 11.7. The number of carbonyl (C=O) groups is 1. The first-order chi connectivity index (χ1) is 8.61. The van der Waals surface area contributed by atoms with Crippen molar-refractivity contribution in [2.24, 2.45) is 0 Å². The van der Waals surface area contributed by atoms with Crippen LogP contribution in [0.25, 0.3) is 0 Å². The van der Waals surface area contributed by atoms with Gasteiger partial charge in [0.05, 0.1) is 11.3 Å². The van der Waals surface area contributed by atoms with E-state index in [0.29, 0.717) is 10.8 Å². The Bertz CT molecular complexity index is 447. The van der Waals surface area contributed by atoms with Crippen LogP contribution < -0.4 is 4.90 Å². The predicted molar refractivity (Wildman–Crippen MR) is 76.9 cm³/mol. The Morgan fingerprint density at radius 3 is 3.00 bits per heavy atom. The number of hydrogen-bond donors (Lipinski definition) is 1. The number of carboxylic acids is 1. The first-order valence-corrected chi connectivity index (χ1v) is 7.37. The first-order valence-electron chi connectivity index (χ1n) is 6.32. The molecule has 0 spiro atoms. The van der Waals surface area contributed by atoms with Gasteiger partial charge in [0, 0.05) is 24.1 Å². The quantitative estimate of drug-likeness (QED) is 0.912. The molecule has 3 nitrogen and oxygen atoms in total. The third-order valence-electron chi connectivity index (χ3n) is 3.32. The number of carboxylic acid groups (broad SMARTS) is 1. The maximum atomic E-state index is 11.3. The van der Waals surface area contributed by atoms with Gasteiger partial charge in [-0.25, -0.2) is 4.79 Å². The van der Waals surface area contributed by atoms with Crippen LogP contribution in [-0.4, -0.2) is 35.2 Å². The zero-order valence-electron chi connectivity index (χ0n) is 10.8. The minimum Gasteiger partial charge on any atom is -0.478 e. The van der Waals surface area contributed by atoms with Crippen molar-refractivity contribution >= 4 is 23.4 Å². The third-order valence-corrected chi connectivity index (χ3v) is 4.69. The molecule has 0 amide bonds. The molecule has 1 aromatic carbocycles. The average Bonchev–Trinajstić information content (AvgIpc) is 2.38. The molecule has 0 aliphatic carbocycles. The minimum atomic E-state index is -0.837. The van der Waals surface area contributed by atoms with Crippen LogP contribution in [0.4, 0.5) is 5.69 Å². The Labute approximate surface area is 112 Å². The molecule has 1 atom stereocenters. The lowest BCUT2D eigenvalue weighted by atomic mass is 10.1. The Morgan fingerprint density at radius 1 is 1.56 bits per heavy atom. The second-order valence-electron chi connectivity index (χ2n) is 4.67. The molecule has 0 radical (unpaired) electrons. The summed E-state index contributed by atoms with van der Waals surface area (Å²) in [5.41, 5.74) is 2.41. The van der Waals surface area contributed by atoms with E-state index in [2.05, 4.69) is 11.8 Å². The van der Waals surface area contributed by atoms with Gasteiger partial charge in [-0.05, 0) is 31.0 Å². The van der Waals surface area contributed by atoms with E-state index in [1.165, 1.54) is 0 Å². The monoisotopic (exact) mass is 265 g/mol. The number of aryl methyl sites for hydroxylation is 1. The SMILES string of the molecule is CCC1CN(c2cc(C)ccc2C(=O)O)CCS1. The van der Waals surface area contributed by atoms with Crippen LogP contribution in [-0.2, 0) is 0 Å². The lowest BCUT2D eigenvalue weighted by molar-refractivity contribution is 0.0697. The highest BCUT2D eigenvalue weighted by Gasteiger charge is 2.22. The van der Waals surface area contributed by atoms with E-state index in [4.69, 9.17) is 0 Å². The Balaban J connectivity index is 2.31. The van der Waals surface area contributed by atoms with E-state index in [1.807, 2.05) is 30.8 Å². The van der Waals surface area contributed by atoms with Crippen LogP contribution in [0.15, 0.2) is 18.2 Å². The van der Waals surface area contributed by atoms with E-state index < -0.39 is 5.97 Å². The minimum absolute atomic E-state index is 0.419. The van der Waals surface area contributed by atoms with Crippen LogP contribution in [0, 0.1) is 6.92 Å². The van der Waals surface area contributed by atoms with Gasteiger partial charge in [0.15, 0.2) is 0 Å². The highest BCUT2D eigenvalue weighted by molar-refractivity contribution is 8.00. The van der Waals surface area contributed by atoms with Gasteiger partial charge >= 0.3 is 5.97 Å². The van der Waals surface area contributed by atoms with Gasteiger partial charge in [-0.1, -0.05) is 13.0 Å². The molecule has 1 saturated heterocycles. The molecule has 0 bridgehead atoms. The van der Waals surface area contributed by atoms with E-state index in [1.54, 1.807) is 6.07 Å². The summed E-state index contributed by atoms with van der Waals surface area (Å²) in [7, 11) is 0. The predicted octanol–water partition coefficient (Wildman–Crippen LogP) is 3.03. The molecule has 2 rings (SSSR count). The Hall–Kier alpha value is -1.16. The first kappa shape index (κ1) is 13.3. The number of rotatable bonds is 3. The van der Waals surface area contributed by atoms with Gasteiger partial charge in [-0.3, -0.25) is 0 Å². The van der Waals surface area contributed by atoms with Crippen LogP contribution in [0.5, 0.6) is 0 Å². The number of thioether (sulfide) groups is 1. The topological polar surface area (TPSA) is 40.5 Å². The molecule has 18 heavy (non-hydrogen) atoms. The van der Waals surface area contributed by atoms with Crippen molar-refractivity contribution in [1.82, 2.24) is 0 Å². The van der Waals surface area contributed by atoms with Gasteiger partial charge in [-0.15, -0.1) is 0 Å². The second kappa shape index (κ2) is 5.65. The molecule has 0 aromatic heterocycles. The normalized spacial score (nSPS) is 19.9. The molecule has 1 fully saturated rings. The van der Waals surface area contributed by atoms with Crippen molar-refractivity contribution in [2.45, 2.75) is 25.5 Å². The smallest absolute Gasteiger partial charge is 0.337 e. The van der Waals surface area contributed by atoms with Crippen LogP contribution in [0.3, 0.4) is 0 Å². The molecule has 98 valence electrons. The van der Waals surface area contributed by atoms with Gasteiger partial charge in [0.25, 0.3) is 0 Å². The fourth-order valence-corrected chi connectivity index (χ4v) is 3.45. The third kappa shape index (κ3) is 2.80. The summed E-state index contributed by atoms with van der Waals surface area (Å²) in [6.45, 7) is 6.08. The van der Waals surface area contributed by atoms with Crippen LogP contribution >= 0.6 is 11.8 Å². The zero-order chi connectivity index (χ0) is 13.1. The van der Waals surface area contributed by atoms with E-state index in [9.17, 15) is 9.90 Å². The molecule has 1 N–H and O–H groups in total. The average molecular weight is 265 g/mol. The van der Waals surface area contributed by atoms with Crippen molar-refractivity contribution < 1.29 is 9.90 Å². The van der Waals surface area contributed by atoms with Gasteiger partial charge < -0.3 is 10.0 Å². The summed E-state index contributed by atoms with van der Waals surface area (Å²) in [6.07, 6.45) is 1.13. The lowest BCUT2D eigenvalue weighted by Gasteiger charge is -2.34. The Morgan fingerprint density at radius 2 is 2.33 bits per heavy atom. The molecule has 1 aliphatic heterocycles. The maximum absolute atomic E-state index is 11.3. The summed E-state index contributed by atoms with van der Waals surface area (Å²) in [5, 5.41) is 9.89. The number of anilines is 1. The molecule has 1 heterocycles. The van der Waals surface area contributed by atoms with Crippen molar-refractivity contribution in [3.8, 4) is 0 Å². The fraction of sp³-hybridized carbons (Fsp3) is 0.500. The largest absolute Gasteiger partial charge is 0.478 e. The molecule has 1 unspecified atom stereocenters. The molecular formula is C14H19NO2S. The standard InChI is InChI=1S/C14H19NO2S/c1-3-11-9-15(6-7-18-11)13-8-10(2)4-5-12(13)14(16)17/h4-5,8,11H,3,6-7,9H2,1-2H3,(H,16,17). The van der Waals surface area contributed by atoms with Gasteiger partial charge in [-0.2, -0.15) is 11.8 Å². The molecule has 4 heteroatoms. The summed E-state index contributed by atoms with van der Waals surface area (Å²) >= 11 is 1.99. The molecule has 1 aromatic rings. The maximum Gasteiger partial charge on any atom is 0.337 e. The lowest BCUT2D eigenvalue weighted by Crippen LogP contribution is -2.38. The van der Waals surface area contributed by atoms with Crippen molar-refractivity contribution in [2.75, 3.05) is 23.7 Å². The molecular weight excluding hydrogens is 246 g/mol. The number of nitrogens with zero attached hydrogens (tertiary/aromatic N) is 1. The van der Waals surface area contributed by atoms with Crippen molar-refractivity contribution in [3.05, 3.63) is 29.3 Å². The van der Waals surface area contributed by atoms with Crippen molar-refractivity contribution in [1.29, 1.82) is 0 Å². The summed E-state index contributed by atoms with van der Waals surface area (Å²) in [5.74, 6) is 0.238. The molecule has 0 saturated carbocycles. The van der Waals surface area contributed by atoms with E-state index in [0.717, 1.165) is 36.5 Å². The summed E-state index contributed by atoms with van der Waals surface area (Å²) in [6, 6.07) is 5.57. The highest BCUT2D eigenvalue weighted by atomic mass is 32.2. The number of benzene rings is 1. The van der Waals surface area contributed by atoms with Crippen LogP contribution in [0.1, 0.15) is 29.3 Å². The van der Waals surface area contributed by atoms with E-state index in [-0.39, 0.29) is 0 Å². The number of aromatic carboxylic acids is 1. The molecule has 1 aliphatic rings. The van der Waals surface area contributed by atoms with Crippen molar-refractivity contribution in [3.63, 3.8) is 0 Å². The summed E-state index contributed by atoms with van der Waals surface area (Å²) < 4.78 is 0. The number of hydrogen-bond acceptors (Lipinski definition) is 3. The van der Waals surface area contributed by atoms with Gasteiger partial charge in [0.1, 0.15) is 0 Å². The van der Waals surface area contributed by atoms with E-state index >= 15 is 0 Å². The fourth-order valence-electron chi connectivity index (χ4n) is 2.27. The van der Waals surface area contributed by atoms with Crippen LogP contribution in [0.2, 0.25) is 0 Å². The second-order valence-corrected chi connectivity index (χ2v) is 6.08. The Kier molecular flexibility index (Phi) is 4.17. The highest BCUT2D eigenvalue weighted by Crippen LogP contribution is 2.29.